The first kappa shape index (κ1) is 8.92. The Morgan fingerprint density at radius 2 is 2.00 bits per heavy atom. The molecule has 0 aromatic carbocycles. The van der Waals surface area contributed by atoms with Crippen molar-refractivity contribution >= 4 is 0 Å². The molecule has 0 heterocycles. The first-order valence-corrected chi connectivity index (χ1v) is 3.66. The normalized spacial score (nSPS) is 17.3. The van der Waals surface area contributed by atoms with Crippen molar-refractivity contribution in [2.75, 3.05) is 0 Å². The molecule has 2 nitrogen and oxygen atoms in total. The van der Waals surface area contributed by atoms with Gasteiger partial charge in [0.25, 0.3) is 0 Å². The lowest BCUT2D eigenvalue weighted by Crippen LogP contribution is -2.33. The second-order valence-electron chi connectivity index (χ2n) is 2.43. The van der Waals surface area contributed by atoms with E-state index in [1.54, 1.807) is 0 Å². The third kappa shape index (κ3) is 3.49. The van der Waals surface area contributed by atoms with Gasteiger partial charge >= 0.3 is 0 Å². The Hall–Kier alpha value is -0.0800. The molecule has 0 aromatic rings. The highest BCUT2D eigenvalue weighted by Crippen LogP contribution is 2.01. The van der Waals surface area contributed by atoms with Gasteiger partial charge in [-0.15, -0.1) is 0 Å². The van der Waals surface area contributed by atoms with Crippen LogP contribution in [-0.4, -0.2) is 17.3 Å². The topological polar surface area (TPSA) is 46.2 Å². The molecule has 0 saturated heterocycles. The number of hydrogen-bond donors (Lipinski definition) is 2. The Kier molecular flexibility index (Phi) is 4.72. The van der Waals surface area contributed by atoms with Gasteiger partial charge in [-0.3, -0.25) is 0 Å². The minimum Gasteiger partial charge on any atom is -0.392 e. The summed E-state index contributed by atoms with van der Waals surface area (Å²) in [5.41, 5.74) is 5.59. The summed E-state index contributed by atoms with van der Waals surface area (Å²) in [6.45, 7) is 4.02. The molecule has 0 bridgehead atoms. The highest BCUT2D eigenvalue weighted by Gasteiger charge is 2.09. The number of hydrogen-bond acceptors (Lipinski definition) is 2. The molecular formula is C7H17NO. The maximum Gasteiger partial charge on any atom is 0.0688 e. The van der Waals surface area contributed by atoms with Crippen molar-refractivity contribution in [2.24, 2.45) is 5.73 Å². The van der Waals surface area contributed by atoms with Gasteiger partial charge in [0.1, 0.15) is 0 Å². The molecule has 1 unspecified atom stereocenters. The monoisotopic (exact) mass is 131 g/mol. The lowest BCUT2D eigenvalue weighted by atomic mass is 10.1. The van der Waals surface area contributed by atoms with Crippen LogP contribution in [0, 0.1) is 0 Å². The van der Waals surface area contributed by atoms with Crippen molar-refractivity contribution in [2.45, 2.75) is 45.3 Å². The SMILES string of the molecule is CCCC(N)[C@H](O)CC. The van der Waals surface area contributed by atoms with Crippen molar-refractivity contribution in [1.29, 1.82) is 0 Å². The summed E-state index contributed by atoms with van der Waals surface area (Å²) in [7, 11) is 0. The van der Waals surface area contributed by atoms with E-state index in [0.717, 1.165) is 19.3 Å². The molecule has 0 aliphatic heterocycles. The second-order valence-corrected chi connectivity index (χ2v) is 2.43. The van der Waals surface area contributed by atoms with Crippen LogP contribution in [0.1, 0.15) is 33.1 Å². The van der Waals surface area contributed by atoms with E-state index < -0.39 is 0 Å². The zero-order valence-electron chi connectivity index (χ0n) is 6.30. The predicted octanol–water partition coefficient (Wildman–Crippen LogP) is 0.885. The number of aliphatic hydroxyl groups is 1. The smallest absolute Gasteiger partial charge is 0.0688 e. The van der Waals surface area contributed by atoms with Gasteiger partial charge in [-0.25, -0.2) is 0 Å². The van der Waals surface area contributed by atoms with E-state index in [-0.39, 0.29) is 12.1 Å². The molecule has 0 amide bonds. The summed E-state index contributed by atoms with van der Waals surface area (Å²) in [5.74, 6) is 0. The molecule has 0 aliphatic rings. The first-order valence-electron chi connectivity index (χ1n) is 3.66. The van der Waals surface area contributed by atoms with E-state index in [4.69, 9.17) is 10.8 Å². The van der Waals surface area contributed by atoms with Gasteiger partial charge < -0.3 is 10.8 Å². The van der Waals surface area contributed by atoms with Gasteiger partial charge in [0.15, 0.2) is 0 Å². The highest BCUT2D eigenvalue weighted by molar-refractivity contribution is 4.68. The standard InChI is InChI=1S/C7H17NO/c1-3-5-6(8)7(9)4-2/h6-7,9H,3-5,8H2,1-2H3/t6?,7-/m1/s1. The molecule has 0 fully saturated rings. The van der Waals surface area contributed by atoms with E-state index >= 15 is 0 Å². The van der Waals surface area contributed by atoms with Gasteiger partial charge in [-0.2, -0.15) is 0 Å². The number of rotatable bonds is 4. The fourth-order valence-corrected chi connectivity index (χ4v) is 0.828. The second kappa shape index (κ2) is 4.77. The van der Waals surface area contributed by atoms with Crippen LogP contribution in [0.25, 0.3) is 0 Å². The first-order chi connectivity index (χ1) is 4.22. The summed E-state index contributed by atoms with van der Waals surface area (Å²) >= 11 is 0. The van der Waals surface area contributed by atoms with Crippen molar-refractivity contribution in [3.63, 3.8) is 0 Å². The molecule has 0 rings (SSSR count). The summed E-state index contributed by atoms with van der Waals surface area (Å²) in [4.78, 5) is 0. The maximum absolute atomic E-state index is 9.13. The molecule has 56 valence electrons. The number of nitrogens with two attached hydrogens (primary N) is 1. The number of aliphatic hydroxyl groups excluding tert-OH is 1. The third-order valence-electron chi connectivity index (χ3n) is 1.53. The van der Waals surface area contributed by atoms with E-state index in [0.29, 0.717) is 0 Å². The zero-order valence-corrected chi connectivity index (χ0v) is 6.30. The minimum atomic E-state index is -0.301. The van der Waals surface area contributed by atoms with Crippen molar-refractivity contribution in [1.82, 2.24) is 0 Å². The van der Waals surface area contributed by atoms with E-state index in [1.165, 1.54) is 0 Å². The van der Waals surface area contributed by atoms with Crippen LogP contribution < -0.4 is 5.73 Å². The Morgan fingerprint density at radius 1 is 1.44 bits per heavy atom. The Bertz CT molecular complexity index is 65.9. The molecule has 2 heteroatoms. The van der Waals surface area contributed by atoms with Crippen LogP contribution in [0.5, 0.6) is 0 Å². The molecular weight excluding hydrogens is 114 g/mol. The molecule has 9 heavy (non-hydrogen) atoms. The summed E-state index contributed by atoms with van der Waals surface area (Å²) < 4.78 is 0. The van der Waals surface area contributed by atoms with Crippen molar-refractivity contribution < 1.29 is 5.11 Å². The molecule has 3 N–H and O–H groups in total. The lowest BCUT2D eigenvalue weighted by Gasteiger charge is -2.15. The van der Waals surface area contributed by atoms with Crippen LogP contribution in [0.15, 0.2) is 0 Å². The fraction of sp³-hybridized carbons (Fsp3) is 1.00. The average molecular weight is 131 g/mol. The largest absolute Gasteiger partial charge is 0.392 e. The van der Waals surface area contributed by atoms with Gasteiger partial charge in [0.05, 0.1) is 6.10 Å². The molecule has 0 aromatic heterocycles. The van der Waals surface area contributed by atoms with E-state index in [2.05, 4.69) is 6.92 Å². The minimum absolute atomic E-state index is 0.0139. The molecule has 0 spiro atoms. The Balaban J connectivity index is 3.32. The molecule has 0 aliphatic carbocycles. The highest BCUT2D eigenvalue weighted by atomic mass is 16.3. The van der Waals surface area contributed by atoms with E-state index in [1.807, 2.05) is 6.92 Å². The van der Waals surface area contributed by atoms with Crippen LogP contribution in [0.4, 0.5) is 0 Å². The van der Waals surface area contributed by atoms with Gasteiger partial charge in [-0.1, -0.05) is 20.3 Å². The predicted molar refractivity (Wildman–Crippen MR) is 39.2 cm³/mol. The average Bonchev–Trinajstić information content (AvgIpc) is 1.87. The Labute approximate surface area is 57.1 Å². The van der Waals surface area contributed by atoms with Crippen LogP contribution >= 0.6 is 0 Å². The zero-order chi connectivity index (χ0) is 7.28. The van der Waals surface area contributed by atoms with Crippen molar-refractivity contribution in [3.8, 4) is 0 Å². The van der Waals surface area contributed by atoms with Crippen LogP contribution in [0.3, 0.4) is 0 Å². The maximum atomic E-state index is 9.13. The summed E-state index contributed by atoms with van der Waals surface area (Å²) in [6.07, 6.45) is 2.44. The summed E-state index contributed by atoms with van der Waals surface area (Å²) in [5, 5.41) is 9.13. The van der Waals surface area contributed by atoms with Gasteiger partial charge in [0, 0.05) is 6.04 Å². The van der Waals surface area contributed by atoms with Crippen LogP contribution in [0.2, 0.25) is 0 Å². The Morgan fingerprint density at radius 3 is 2.33 bits per heavy atom. The lowest BCUT2D eigenvalue weighted by molar-refractivity contribution is 0.136. The van der Waals surface area contributed by atoms with Crippen LogP contribution in [-0.2, 0) is 0 Å². The third-order valence-corrected chi connectivity index (χ3v) is 1.53. The molecule has 0 radical (unpaired) electrons. The van der Waals surface area contributed by atoms with Gasteiger partial charge in [0.2, 0.25) is 0 Å². The molecule has 0 saturated carbocycles. The quantitative estimate of drug-likeness (QED) is 0.595. The molecule has 2 atom stereocenters. The fourth-order valence-electron chi connectivity index (χ4n) is 0.828. The van der Waals surface area contributed by atoms with Crippen molar-refractivity contribution in [3.05, 3.63) is 0 Å². The van der Waals surface area contributed by atoms with E-state index in [9.17, 15) is 0 Å². The summed E-state index contributed by atoms with van der Waals surface area (Å²) in [6, 6.07) is -0.0139. The van der Waals surface area contributed by atoms with Gasteiger partial charge in [-0.05, 0) is 12.8 Å².